The fourth-order valence-electron chi connectivity index (χ4n) is 1.94. The van der Waals surface area contributed by atoms with Gasteiger partial charge in [0.25, 0.3) is 0 Å². The van der Waals surface area contributed by atoms with Crippen LogP contribution in [0.1, 0.15) is 47.5 Å². The Hall–Kier alpha value is -0.0800. The molecule has 0 aliphatic heterocycles. The SMILES string of the molecule is CCCNC(CC)CN(C)CC(C)(C)C. The molecule has 2 nitrogen and oxygen atoms in total. The van der Waals surface area contributed by atoms with Gasteiger partial charge in [-0.1, -0.05) is 34.6 Å². The van der Waals surface area contributed by atoms with Crippen LogP contribution in [0.25, 0.3) is 0 Å². The van der Waals surface area contributed by atoms with Gasteiger partial charge in [-0.2, -0.15) is 0 Å². The first-order valence-corrected chi connectivity index (χ1v) is 6.31. The van der Waals surface area contributed by atoms with Gasteiger partial charge in [-0.3, -0.25) is 0 Å². The molecule has 1 unspecified atom stereocenters. The molecule has 0 fully saturated rings. The van der Waals surface area contributed by atoms with Gasteiger partial charge in [0, 0.05) is 19.1 Å². The molecule has 0 saturated heterocycles. The highest BCUT2D eigenvalue weighted by atomic mass is 15.1. The summed E-state index contributed by atoms with van der Waals surface area (Å²) in [5.74, 6) is 0. The summed E-state index contributed by atoms with van der Waals surface area (Å²) < 4.78 is 0. The van der Waals surface area contributed by atoms with Crippen LogP contribution >= 0.6 is 0 Å². The number of likely N-dealkylation sites (N-methyl/N-ethyl adjacent to an activating group) is 1. The first-order chi connectivity index (χ1) is 6.89. The number of nitrogens with one attached hydrogen (secondary N) is 1. The molecule has 0 saturated carbocycles. The van der Waals surface area contributed by atoms with Crippen LogP contribution in [0.4, 0.5) is 0 Å². The summed E-state index contributed by atoms with van der Waals surface area (Å²) >= 11 is 0. The van der Waals surface area contributed by atoms with Gasteiger partial charge in [0.15, 0.2) is 0 Å². The first-order valence-electron chi connectivity index (χ1n) is 6.31. The van der Waals surface area contributed by atoms with Crippen molar-refractivity contribution in [1.82, 2.24) is 10.2 Å². The number of rotatable bonds is 7. The molecule has 0 radical (unpaired) electrons. The third kappa shape index (κ3) is 8.88. The van der Waals surface area contributed by atoms with E-state index in [-0.39, 0.29) is 0 Å². The van der Waals surface area contributed by atoms with Crippen LogP contribution < -0.4 is 5.32 Å². The van der Waals surface area contributed by atoms with E-state index in [1.165, 1.54) is 12.8 Å². The Morgan fingerprint density at radius 1 is 1.20 bits per heavy atom. The second kappa shape index (κ2) is 7.24. The third-order valence-electron chi connectivity index (χ3n) is 2.45. The summed E-state index contributed by atoms with van der Waals surface area (Å²) in [6.45, 7) is 14.8. The minimum Gasteiger partial charge on any atom is -0.313 e. The summed E-state index contributed by atoms with van der Waals surface area (Å²) in [7, 11) is 2.22. The van der Waals surface area contributed by atoms with Crippen molar-refractivity contribution in [3.05, 3.63) is 0 Å². The standard InChI is InChI=1S/C13H30N2/c1-7-9-14-12(8-2)10-15(6)11-13(3,4)5/h12,14H,7-11H2,1-6H3. The molecule has 0 rings (SSSR count). The predicted octanol–water partition coefficient (Wildman–Crippen LogP) is 2.74. The Bertz CT molecular complexity index is 149. The van der Waals surface area contributed by atoms with Crippen molar-refractivity contribution in [2.45, 2.75) is 53.5 Å². The molecule has 0 heterocycles. The highest BCUT2D eigenvalue weighted by molar-refractivity contribution is 4.72. The maximum absolute atomic E-state index is 3.59. The molecule has 0 spiro atoms. The summed E-state index contributed by atoms with van der Waals surface area (Å²) in [4.78, 5) is 2.44. The topological polar surface area (TPSA) is 15.3 Å². The minimum atomic E-state index is 0.401. The highest BCUT2D eigenvalue weighted by Gasteiger charge is 2.15. The molecule has 0 aliphatic carbocycles. The lowest BCUT2D eigenvalue weighted by molar-refractivity contribution is 0.206. The predicted molar refractivity (Wildman–Crippen MR) is 69.3 cm³/mol. The molecule has 92 valence electrons. The van der Waals surface area contributed by atoms with Crippen LogP contribution in [0.5, 0.6) is 0 Å². The Kier molecular flexibility index (Phi) is 7.20. The van der Waals surface area contributed by atoms with Gasteiger partial charge < -0.3 is 10.2 Å². The van der Waals surface area contributed by atoms with Crippen molar-refractivity contribution in [2.75, 3.05) is 26.7 Å². The first kappa shape index (κ1) is 14.9. The molecule has 15 heavy (non-hydrogen) atoms. The van der Waals surface area contributed by atoms with Gasteiger partial charge in [-0.25, -0.2) is 0 Å². The zero-order valence-electron chi connectivity index (χ0n) is 11.6. The van der Waals surface area contributed by atoms with Crippen LogP contribution in [-0.2, 0) is 0 Å². The lowest BCUT2D eigenvalue weighted by Gasteiger charge is -2.29. The van der Waals surface area contributed by atoms with Gasteiger partial charge >= 0.3 is 0 Å². The molecular weight excluding hydrogens is 184 g/mol. The van der Waals surface area contributed by atoms with Crippen LogP contribution in [0, 0.1) is 5.41 Å². The van der Waals surface area contributed by atoms with Crippen molar-refractivity contribution < 1.29 is 0 Å². The van der Waals surface area contributed by atoms with Gasteiger partial charge in [0.2, 0.25) is 0 Å². The molecule has 0 aromatic carbocycles. The monoisotopic (exact) mass is 214 g/mol. The Labute approximate surface area is 96.4 Å². The Morgan fingerprint density at radius 2 is 1.80 bits per heavy atom. The lowest BCUT2D eigenvalue weighted by atomic mass is 9.96. The van der Waals surface area contributed by atoms with Gasteiger partial charge in [0.05, 0.1) is 0 Å². The average molecular weight is 214 g/mol. The molecule has 2 heteroatoms. The third-order valence-corrected chi connectivity index (χ3v) is 2.45. The highest BCUT2D eigenvalue weighted by Crippen LogP contribution is 2.14. The van der Waals surface area contributed by atoms with Gasteiger partial charge in [-0.15, -0.1) is 0 Å². The Morgan fingerprint density at radius 3 is 2.20 bits per heavy atom. The van der Waals surface area contributed by atoms with Gasteiger partial charge in [0.1, 0.15) is 0 Å². The molecule has 1 atom stereocenters. The van der Waals surface area contributed by atoms with Gasteiger partial charge in [-0.05, 0) is 31.8 Å². The number of hydrogen-bond acceptors (Lipinski definition) is 2. The van der Waals surface area contributed by atoms with Crippen molar-refractivity contribution in [3.63, 3.8) is 0 Å². The summed E-state index contributed by atoms with van der Waals surface area (Å²) in [6, 6.07) is 0.650. The maximum atomic E-state index is 3.59. The zero-order chi connectivity index (χ0) is 11.9. The van der Waals surface area contributed by atoms with E-state index >= 15 is 0 Å². The number of hydrogen-bond donors (Lipinski definition) is 1. The van der Waals surface area contributed by atoms with E-state index in [1.54, 1.807) is 0 Å². The summed E-state index contributed by atoms with van der Waals surface area (Å²) in [5.41, 5.74) is 0.401. The molecular formula is C13H30N2. The maximum Gasteiger partial charge on any atom is 0.0192 e. The minimum absolute atomic E-state index is 0.401. The second-order valence-electron chi connectivity index (χ2n) is 5.82. The van der Waals surface area contributed by atoms with E-state index in [0.29, 0.717) is 11.5 Å². The van der Waals surface area contributed by atoms with Crippen molar-refractivity contribution in [2.24, 2.45) is 5.41 Å². The van der Waals surface area contributed by atoms with E-state index in [0.717, 1.165) is 19.6 Å². The van der Waals surface area contributed by atoms with Crippen LogP contribution in [0.2, 0.25) is 0 Å². The molecule has 0 bridgehead atoms. The quantitative estimate of drug-likeness (QED) is 0.701. The smallest absolute Gasteiger partial charge is 0.0192 e. The van der Waals surface area contributed by atoms with E-state index < -0.39 is 0 Å². The van der Waals surface area contributed by atoms with Crippen molar-refractivity contribution in [1.29, 1.82) is 0 Å². The average Bonchev–Trinajstić information content (AvgIpc) is 2.09. The summed E-state index contributed by atoms with van der Waals surface area (Å²) in [5, 5.41) is 3.59. The van der Waals surface area contributed by atoms with Crippen LogP contribution in [-0.4, -0.2) is 37.6 Å². The van der Waals surface area contributed by atoms with Crippen LogP contribution in [0.15, 0.2) is 0 Å². The molecule has 0 aliphatic rings. The summed E-state index contributed by atoms with van der Waals surface area (Å²) in [6.07, 6.45) is 2.44. The zero-order valence-corrected chi connectivity index (χ0v) is 11.6. The fraction of sp³-hybridized carbons (Fsp3) is 1.00. The molecule has 0 amide bonds. The fourth-order valence-corrected chi connectivity index (χ4v) is 1.94. The molecule has 0 aromatic rings. The largest absolute Gasteiger partial charge is 0.313 e. The van der Waals surface area contributed by atoms with E-state index in [9.17, 15) is 0 Å². The van der Waals surface area contributed by atoms with Crippen LogP contribution in [0.3, 0.4) is 0 Å². The van der Waals surface area contributed by atoms with Crippen molar-refractivity contribution in [3.8, 4) is 0 Å². The molecule has 0 aromatic heterocycles. The lowest BCUT2D eigenvalue weighted by Crippen LogP contribution is -2.42. The Balaban J connectivity index is 3.85. The normalized spacial score (nSPS) is 14.6. The number of nitrogens with zero attached hydrogens (tertiary/aromatic N) is 1. The molecule has 1 N–H and O–H groups in total. The van der Waals surface area contributed by atoms with Crippen molar-refractivity contribution >= 4 is 0 Å². The second-order valence-corrected chi connectivity index (χ2v) is 5.82. The van der Waals surface area contributed by atoms with E-state index in [2.05, 4.69) is 51.9 Å². The van der Waals surface area contributed by atoms with E-state index in [4.69, 9.17) is 0 Å². The van der Waals surface area contributed by atoms with E-state index in [1.807, 2.05) is 0 Å².